The summed E-state index contributed by atoms with van der Waals surface area (Å²) in [7, 11) is 0. The lowest BCUT2D eigenvalue weighted by molar-refractivity contribution is 0.0524. The first kappa shape index (κ1) is 15.8. The Labute approximate surface area is 118 Å². The number of carbonyl (C=O) groups excluding carboxylic acids is 1. The van der Waals surface area contributed by atoms with E-state index >= 15 is 0 Å². The van der Waals surface area contributed by atoms with E-state index in [4.69, 9.17) is 5.26 Å². The van der Waals surface area contributed by atoms with Crippen LogP contribution in [0.3, 0.4) is 0 Å². The Morgan fingerprint density at radius 1 is 1.24 bits per heavy atom. The van der Waals surface area contributed by atoms with E-state index in [9.17, 15) is 14.4 Å². The first-order valence-electron chi connectivity index (χ1n) is 5.74. The number of esters is 1. The molecule has 0 aliphatic heterocycles. The molecule has 0 unspecified atom stereocenters. The molecule has 0 fully saturated rings. The molecule has 0 radical (unpaired) electrons. The molecular formula is C12H11N5O4. The number of nitriles is 1. The Morgan fingerprint density at radius 3 is 2.33 bits per heavy atom. The van der Waals surface area contributed by atoms with Crippen molar-refractivity contribution in [2.75, 3.05) is 6.61 Å². The Hall–Kier alpha value is -3.28. The van der Waals surface area contributed by atoms with Crippen molar-refractivity contribution in [1.82, 2.24) is 20.4 Å². The van der Waals surface area contributed by atoms with Crippen molar-refractivity contribution in [2.24, 2.45) is 0 Å². The average Bonchev–Trinajstić information content (AvgIpc) is 2.49. The molecule has 0 saturated heterocycles. The van der Waals surface area contributed by atoms with E-state index in [2.05, 4.69) is 25.1 Å². The zero-order valence-corrected chi connectivity index (χ0v) is 11.0. The third-order valence-corrected chi connectivity index (χ3v) is 2.07. The molecule has 0 saturated carbocycles. The molecule has 0 spiro atoms. The van der Waals surface area contributed by atoms with E-state index in [1.165, 1.54) is 24.5 Å². The van der Waals surface area contributed by atoms with Crippen LogP contribution in [0, 0.1) is 11.3 Å². The van der Waals surface area contributed by atoms with Gasteiger partial charge in [-0.25, -0.2) is 15.0 Å². The highest BCUT2D eigenvalue weighted by atomic mass is 16.5. The highest BCUT2D eigenvalue weighted by Crippen LogP contribution is 1.91. The second-order valence-electron chi connectivity index (χ2n) is 3.43. The van der Waals surface area contributed by atoms with Gasteiger partial charge in [-0.15, -0.1) is 0 Å². The topological polar surface area (TPSA) is 142 Å². The average molecular weight is 289 g/mol. The molecule has 2 aromatic rings. The molecule has 2 aromatic heterocycles. The van der Waals surface area contributed by atoms with Gasteiger partial charge >= 0.3 is 5.97 Å². The third kappa shape index (κ3) is 4.71. The molecule has 9 nitrogen and oxygen atoms in total. The van der Waals surface area contributed by atoms with Crippen LogP contribution in [-0.2, 0) is 4.74 Å². The lowest BCUT2D eigenvalue weighted by atomic mass is 10.3. The maximum atomic E-state index is 11.0. The molecule has 21 heavy (non-hydrogen) atoms. The van der Waals surface area contributed by atoms with Gasteiger partial charge in [0.25, 0.3) is 11.1 Å². The lowest BCUT2D eigenvalue weighted by Gasteiger charge is -1.98. The summed E-state index contributed by atoms with van der Waals surface area (Å²) in [6.07, 6.45) is 2.69. The third-order valence-electron chi connectivity index (χ3n) is 2.07. The van der Waals surface area contributed by atoms with Crippen LogP contribution in [0.5, 0.6) is 0 Å². The zero-order valence-electron chi connectivity index (χ0n) is 11.0. The fourth-order valence-electron chi connectivity index (χ4n) is 1.14. The fraction of sp³-hybridized carbons (Fsp3) is 0.167. The number of H-pyrrole nitrogens is 2. The quantitative estimate of drug-likeness (QED) is 0.715. The van der Waals surface area contributed by atoms with Gasteiger partial charge in [0, 0.05) is 12.4 Å². The number of nitrogens with zero attached hydrogens (tertiary/aromatic N) is 3. The van der Waals surface area contributed by atoms with Crippen LogP contribution < -0.4 is 11.1 Å². The van der Waals surface area contributed by atoms with Crippen LogP contribution in [0.2, 0.25) is 0 Å². The van der Waals surface area contributed by atoms with Crippen LogP contribution in [0.15, 0.2) is 34.1 Å². The van der Waals surface area contributed by atoms with Crippen LogP contribution in [0.25, 0.3) is 0 Å². The standard InChI is InChI=1S/C7H8N2O3.C5H3N3O/c1-2-12-7(11)5-3-4-8-9-6(5)10;6-3-4-1-2-7-8-5(4)9/h3-4H,2H2,1H3,(H,9,10);1-2H,(H,8,9). The number of nitrogens with one attached hydrogen (secondary N) is 2. The molecule has 108 valence electrons. The van der Waals surface area contributed by atoms with E-state index in [0.717, 1.165) is 0 Å². The molecule has 0 aromatic carbocycles. The minimum Gasteiger partial charge on any atom is -0.462 e. The van der Waals surface area contributed by atoms with Gasteiger partial charge < -0.3 is 4.74 Å². The summed E-state index contributed by atoms with van der Waals surface area (Å²) in [5.74, 6) is -0.624. The number of aromatic amines is 2. The normalized spacial score (nSPS) is 8.95. The molecule has 0 aliphatic carbocycles. The van der Waals surface area contributed by atoms with Gasteiger partial charge in [0.1, 0.15) is 17.2 Å². The van der Waals surface area contributed by atoms with Crippen molar-refractivity contribution < 1.29 is 9.53 Å². The molecule has 9 heteroatoms. The Balaban J connectivity index is 0.000000219. The molecule has 2 rings (SSSR count). The highest BCUT2D eigenvalue weighted by Gasteiger charge is 2.09. The van der Waals surface area contributed by atoms with E-state index < -0.39 is 17.1 Å². The zero-order chi connectivity index (χ0) is 15.7. The molecule has 0 amide bonds. The van der Waals surface area contributed by atoms with Crippen molar-refractivity contribution in [3.63, 3.8) is 0 Å². The second kappa shape index (κ2) is 8.00. The first-order valence-corrected chi connectivity index (χ1v) is 5.74. The summed E-state index contributed by atoms with van der Waals surface area (Å²) in [6, 6.07) is 4.39. The second-order valence-corrected chi connectivity index (χ2v) is 3.43. The molecule has 2 heterocycles. The van der Waals surface area contributed by atoms with Crippen LogP contribution >= 0.6 is 0 Å². The van der Waals surface area contributed by atoms with E-state index in [1.54, 1.807) is 13.0 Å². The molecule has 2 N–H and O–H groups in total. The number of carbonyl (C=O) groups is 1. The van der Waals surface area contributed by atoms with Gasteiger partial charge in [0.2, 0.25) is 0 Å². The summed E-state index contributed by atoms with van der Waals surface area (Å²) in [5.41, 5.74) is -0.909. The smallest absolute Gasteiger partial charge is 0.343 e. The van der Waals surface area contributed by atoms with Gasteiger partial charge in [0.05, 0.1) is 6.61 Å². The van der Waals surface area contributed by atoms with Gasteiger partial charge in [-0.3, -0.25) is 9.59 Å². The minimum absolute atomic E-state index is 0.0214. The molecule has 0 atom stereocenters. The maximum Gasteiger partial charge on any atom is 0.343 e. The first-order chi connectivity index (χ1) is 10.1. The number of hydrogen-bond donors (Lipinski definition) is 2. The monoisotopic (exact) mass is 289 g/mol. The van der Waals surface area contributed by atoms with Gasteiger partial charge in [0.15, 0.2) is 0 Å². The van der Waals surface area contributed by atoms with Crippen molar-refractivity contribution in [1.29, 1.82) is 5.26 Å². The largest absolute Gasteiger partial charge is 0.462 e. The summed E-state index contributed by atoms with van der Waals surface area (Å²) in [5, 5.41) is 19.3. The van der Waals surface area contributed by atoms with Gasteiger partial charge in [-0.1, -0.05) is 0 Å². The van der Waals surface area contributed by atoms with Crippen molar-refractivity contribution >= 4 is 5.97 Å². The summed E-state index contributed by atoms with van der Waals surface area (Å²) in [6.45, 7) is 1.92. The van der Waals surface area contributed by atoms with E-state index in [-0.39, 0.29) is 17.7 Å². The molecule has 0 aliphatic rings. The van der Waals surface area contributed by atoms with Gasteiger partial charge in [-0.2, -0.15) is 15.5 Å². The fourth-order valence-corrected chi connectivity index (χ4v) is 1.14. The van der Waals surface area contributed by atoms with Crippen molar-refractivity contribution in [3.05, 3.63) is 56.4 Å². The van der Waals surface area contributed by atoms with E-state index in [1.807, 2.05) is 0 Å². The number of hydrogen-bond acceptors (Lipinski definition) is 7. The maximum absolute atomic E-state index is 11.0. The summed E-state index contributed by atoms with van der Waals surface area (Å²) < 4.78 is 4.62. The minimum atomic E-state index is -0.624. The molecular weight excluding hydrogens is 278 g/mol. The summed E-state index contributed by atoms with van der Waals surface area (Å²) >= 11 is 0. The van der Waals surface area contributed by atoms with Crippen LogP contribution in [-0.4, -0.2) is 33.0 Å². The number of rotatable bonds is 2. The van der Waals surface area contributed by atoms with Crippen molar-refractivity contribution in [3.8, 4) is 6.07 Å². The molecule has 0 bridgehead atoms. The van der Waals surface area contributed by atoms with Crippen molar-refractivity contribution in [2.45, 2.75) is 6.92 Å². The number of aromatic nitrogens is 4. The Bertz CT molecular complexity index is 759. The summed E-state index contributed by atoms with van der Waals surface area (Å²) in [4.78, 5) is 32.4. The predicted octanol–water partition coefficient (Wildman–Crippen LogP) is -0.412. The number of ether oxygens (including phenoxy) is 1. The lowest BCUT2D eigenvalue weighted by Crippen LogP contribution is -2.19. The van der Waals surface area contributed by atoms with Crippen LogP contribution in [0.1, 0.15) is 22.8 Å². The predicted molar refractivity (Wildman–Crippen MR) is 70.4 cm³/mol. The Morgan fingerprint density at radius 2 is 1.86 bits per heavy atom. The van der Waals surface area contributed by atoms with Crippen LogP contribution in [0.4, 0.5) is 0 Å². The van der Waals surface area contributed by atoms with E-state index in [0.29, 0.717) is 0 Å². The van der Waals surface area contributed by atoms with Gasteiger partial charge in [-0.05, 0) is 19.1 Å². The SMILES string of the molecule is CCOC(=O)c1ccn[nH]c1=O.N#Cc1ccn[nH]c1=O. The highest BCUT2D eigenvalue weighted by molar-refractivity contribution is 5.88. The Kier molecular flexibility index (Phi) is 6.01.